The Bertz CT molecular complexity index is 830. The van der Waals surface area contributed by atoms with E-state index in [-0.39, 0.29) is 5.92 Å². The highest BCUT2D eigenvalue weighted by atomic mass is 35.5. The molecule has 5 heteroatoms. The van der Waals surface area contributed by atoms with Crippen LogP contribution in [0, 0.1) is 0 Å². The van der Waals surface area contributed by atoms with Crippen molar-refractivity contribution in [1.82, 2.24) is 9.80 Å². The molecule has 0 saturated heterocycles. The van der Waals surface area contributed by atoms with Crippen molar-refractivity contribution in [2.45, 2.75) is 26.3 Å². The maximum Gasteiger partial charge on any atom is 0.0983 e. The summed E-state index contributed by atoms with van der Waals surface area (Å²) in [6.45, 7) is 12.1. The minimum atomic E-state index is 0.197. The van der Waals surface area contributed by atoms with Crippen LogP contribution in [-0.2, 0) is 6.54 Å². The molecule has 0 bridgehead atoms. The Hall–Kier alpha value is -1.68. The monoisotopic (exact) mass is 403 g/mol. The summed E-state index contributed by atoms with van der Waals surface area (Å²) >= 11 is 12.9. The molecule has 1 aliphatic rings. The first-order valence-electron chi connectivity index (χ1n) is 9.40. The molecule has 0 aromatic heterocycles. The Kier molecular flexibility index (Phi) is 6.36. The number of rotatable bonds is 6. The van der Waals surface area contributed by atoms with Crippen LogP contribution in [0.1, 0.15) is 36.5 Å². The van der Waals surface area contributed by atoms with Gasteiger partial charge >= 0.3 is 0 Å². The number of para-hydroxylation sites is 1. The van der Waals surface area contributed by atoms with Gasteiger partial charge in [-0.25, -0.2) is 0 Å². The average molecular weight is 404 g/mol. The molecule has 1 atom stereocenters. The average Bonchev–Trinajstić information content (AvgIpc) is 2.63. The van der Waals surface area contributed by atoms with Gasteiger partial charge in [-0.3, -0.25) is 0 Å². The second-order valence-corrected chi connectivity index (χ2v) is 7.88. The van der Waals surface area contributed by atoms with Crippen molar-refractivity contribution in [3.05, 3.63) is 75.5 Å². The lowest BCUT2D eigenvalue weighted by atomic mass is 9.84. The molecule has 2 aromatic rings. The molecule has 0 saturated carbocycles. The van der Waals surface area contributed by atoms with Gasteiger partial charge in [0.1, 0.15) is 0 Å². The number of anilines is 1. The molecule has 1 N–H and O–H groups in total. The molecule has 0 amide bonds. The van der Waals surface area contributed by atoms with E-state index in [0.29, 0.717) is 5.02 Å². The van der Waals surface area contributed by atoms with E-state index in [1.165, 1.54) is 11.1 Å². The lowest BCUT2D eigenvalue weighted by molar-refractivity contribution is 0.295. The zero-order valence-electron chi connectivity index (χ0n) is 16.2. The fourth-order valence-electron chi connectivity index (χ4n) is 3.87. The molecule has 3 nitrogen and oxygen atoms in total. The lowest BCUT2D eigenvalue weighted by Gasteiger charge is -2.35. The summed E-state index contributed by atoms with van der Waals surface area (Å²) in [5, 5.41) is 4.96. The zero-order valence-corrected chi connectivity index (χ0v) is 17.7. The Balaban J connectivity index is 2.02. The fraction of sp³-hybridized carbons (Fsp3) is 0.364. The number of nitrogens with zero attached hydrogens (tertiary/aromatic N) is 2. The summed E-state index contributed by atoms with van der Waals surface area (Å²) in [7, 11) is 2.13. The Morgan fingerprint density at radius 2 is 1.89 bits per heavy atom. The van der Waals surface area contributed by atoms with Crippen LogP contribution in [0.5, 0.6) is 0 Å². The van der Waals surface area contributed by atoms with Crippen molar-refractivity contribution in [2.24, 2.45) is 0 Å². The van der Waals surface area contributed by atoms with Crippen molar-refractivity contribution >= 4 is 28.9 Å². The highest BCUT2D eigenvalue weighted by Gasteiger charge is 2.28. The van der Waals surface area contributed by atoms with Crippen molar-refractivity contribution < 1.29 is 0 Å². The Labute approximate surface area is 172 Å². The third-order valence-electron chi connectivity index (χ3n) is 5.25. The van der Waals surface area contributed by atoms with Crippen LogP contribution < -0.4 is 5.32 Å². The molecule has 1 heterocycles. The second-order valence-electron chi connectivity index (χ2n) is 7.04. The molecule has 1 aliphatic heterocycles. The number of likely N-dealkylation sites (N-methyl/N-ethyl adjacent to an activating group) is 1. The summed E-state index contributed by atoms with van der Waals surface area (Å²) in [6.07, 6.45) is 0. The third kappa shape index (κ3) is 4.26. The van der Waals surface area contributed by atoms with Gasteiger partial charge in [0.15, 0.2) is 0 Å². The molecule has 27 heavy (non-hydrogen) atoms. The predicted octanol–water partition coefficient (Wildman–Crippen LogP) is 5.80. The fourth-order valence-corrected chi connectivity index (χ4v) is 4.43. The maximum absolute atomic E-state index is 6.52. The van der Waals surface area contributed by atoms with E-state index in [0.717, 1.165) is 48.3 Å². The van der Waals surface area contributed by atoms with Gasteiger partial charge in [0, 0.05) is 47.8 Å². The Morgan fingerprint density at radius 1 is 1.19 bits per heavy atom. The van der Waals surface area contributed by atoms with Gasteiger partial charge in [-0.05, 0) is 55.8 Å². The molecule has 144 valence electrons. The van der Waals surface area contributed by atoms with E-state index in [9.17, 15) is 0 Å². The molecule has 1 unspecified atom stereocenters. The largest absolute Gasteiger partial charge is 0.359 e. The van der Waals surface area contributed by atoms with Gasteiger partial charge in [0.2, 0.25) is 0 Å². The SMILES string of the molecule is C=C(Nc1ccccc1C1CN(C)Cc2c(Cl)cc(Cl)cc21)N(CC)CC. The van der Waals surface area contributed by atoms with Gasteiger partial charge in [-0.1, -0.05) is 48.0 Å². The Morgan fingerprint density at radius 3 is 2.59 bits per heavy atom. The number of hydrogen-bond donors (Lipinski definition) is 1. The van der Waals surface area contributed by atoms with Gasteiger partial charge < -0.3 is 15.1 Å². The van der Waals surface area contributed by atoms with Gasteiger partial charge in [0.25, 0.3) is 0 Å². The molecule has 0 radical (unpaired) electrons. The standard InChI is InChI=1S/C22H27Cl2N3/c1-5-27(6-2)15(3)25-22-10-8-7-9-17(22)19-13-26(4)14-20-18(19)11-16(23)12-21(20)24/h7-12,19,25H,3,5-6,13-14H2,1-2,4H3. The summed E-state index contributed by atoms with van der Waals surface area (Å²) in [5.74, 6) is 1.11. The molecule has 0 fully saturated rings. The summed E-state index contributed by atoms with van der Waals surface area (Å²) in [4.78, 5) is 4.52. The number of fused-ring (bicyclic) bond motifs is 1. The molecule has 3 rings (SSSR count). The number of halogens is 2. The van der Waals surface area contributed by atoms with E-state index in [2.05, 4.69) is 72.9 Å². The third-order valence-corrected chi connectivity index (χ3v) is 5.81. The smallest absolute Gasteiger partial charge is 0.0983 e. The first-order valence-corrected chi connectivity index (χ1v) is 10.2. The van der Waals surface area contributed by atoms with E-state index >= 15 is 0 Å². The van der Waals surface area contributed by atoms with E-state index in [4.69, 9.17) is 23.2 Å². The number of nitrogens with one attached hydrogen (secondary N) is 1. The van der Waals surface area contributed by atoms with Crippen LogP contribution in [0.4, 0.5) is 5.69 Å². The highest BCUT2D eigenvalue weighted by molar-refractivity contribution is 6.35. The summed E-state index contributed by atoms with van der Waals surface area (Å²) < 4.78 is 0. The van der Waals surface area contributed by atoms with Crippen LogP contribution in [0.15, 0.2) is 48.8 Å². The number of benzene rings is 2. The van der Waals surface area contributed by atoms with Crippen molar-refractivity contribution in [2.75, 3.05) is 32.0 Å². The van der Waals surface area contributed by atoms with Gasteiger partial charge in [-0.2, -0.15) is 0 Å². The van der Waals surface area contributed by atoms with E-state index in [1.54, 1.807) is 0 Å². The van der Waals surface area contributed by atoms with Crippen LogP contribution in [0.3, 0.4) is 0 Å². The molecule has 0 spiro atoms. The number of hydrogen-bond acceptors (Lipinski definition) is 3. The summed E-state index contributed by atoms with van der Waals surface area (Å²) in [6, 6.07) is 12.3. The zero-order chi connectivity index (χ0) is 19.6. The first-order chi connectivity index (χ1) is 12.9. The van der Waals surface area contributed by atoms with Gasteiger partial charge in [-0.15, -0.1) is 0 Å². The quantitative estimate of drug-likeness (QED) is 0.657. The molecule has 2 aromatic carbocycles. The van der Waals surface area contributed by atoms with Crippen LogP contribution in [-0.4, -0.2) is 36.5 Å². The molecular formula is C22H27Cl2N3. The normalized spacial score (nSPS) is 16.7. The van der Waals surface area contributed by atoms with Crippen LogP contribution >= 0.6 is 23.2 Å². The van der Waals surface area contributed by atoms with Crippen LogP contribution in [0.2, 0.25) is 10.0 Å². The molecule has 0 aliphatic carbocycles. The van der Waals surface area contributed by atoms with E-state index < -0.39 is 0 Å². The maximum atomic E-state index is 6.52. The minimum absolute atomic E-state index is 0.197. The first kappa shape index (κ1) is 20.1. The van der Waals surface area contributed by atoms with Crippen molar-refractivity contribution in [1.29, 1.82) is 0 Å². The lowest BCUT2D eigenvalue weighted by Crippen LogP contribution is -2.32. The van der Waals surface area contributed by atoms with Crippen molar-refractivity contribution in [3.8, 4) is 0 Å². The van der Waals surface area contributed by atoms with Gasteiger partial charge in [0.05, 0.1) is 5.82 Å². The topological polar surface area (TPSA) is 18.5 Å². The van der Waals surface area contributed by atoms with Crippen molar-refractivity contribution in [3.63, 3.8) is 0 Å². The van der Waals surface area contributed by atoms with E-state index in [1.807, 2.05) is 6.07 Å². The minimum Gasteiger partial charge on any atom is -0.359 e. The highest BCUT2D eigenvalue weighted by Crippen LogP contribution is 2.40. The second kappa shape index (κ2) is 8.55. The predicted molar refractivity (Wildman–Crippen MR) is 117 cm³/mol. The molecular weight excluding hydrogens is 377 g/mol. The van der Waals surface area contributed by atoms with Crippen LogP contribution in [0.25, 0.3) is 0 Å². The summed E-state index contributed by atoms with van der Waals surface area (Å²) in [5.41, 5.74) is 4.69.